The fourth-order valence-corrected chi connectivity index (χ4v) is 3.35. The summed E-state index contributed by atoms with van der Waals surface area (Å²) in [6.45, 7) is 1.63. The Hall–Kier alpha value is -3.16. The van der Waals surface area contributed by atoms with Crippen molar-refractivity contribution in [3.8, 4) is 5.69 Å². The molecule has 4 rings (SSSR count). The average Bonchev–Trinajstić information content (AvgIpc) is 3.04. The molecule has 1 aliphatic rings. The van der Waals surface area contributed by atoms with Crippen LogP contribution in [0.4, 0.5) is 11.8 Å². The van der Waals surface area contributed by atoms with Crippen molar-refractivity contribution in [2.45, 2.75) is 18.8 Å². The maximum Gasteiger partial charge on any atom is 0.347 e. The molecule has 0 aliphatic carbocycles. The van der Waals surface area contributed by atoms with Gasteiger partial charge < -0.3 is 10.6 Å². The summed E-state index contributed by atoms with van der Waals surface area (Å²) >= 11 is 0. The number of piperidine rings is 1. The van der Waals surface area contributed by atoms with Gasteiger partial charge in [0.05, 0.1) is 5.69 Å². The zero-order valence-electron chi connectivity index (χ0n) is 13.7. The van der Waals surface area contributed by atoms with Gasteiger partial charge in [0.15, 0.2) is 0 Å². The fourth-order valence-electron chi connectivity index (χ4n) is 3.35. The molecule has 8 nitrogen and oxygen atoms in total. The van der Waals surface area contributed by atoms with Crippen molar-refractivity contribution in [2.24, 2.45) is 0 Å². The molecule has 25 heavy (non-hydrogen) atoms. The Kier molecular flexibility index (Phi) is 3.93. The number of H-pyrrole nitrogens is 1. The minimum absolute atomic E-state index is 0.129. The third kappa shape index (κ3) is 2.98. The minimum atomic E-state index is -0.218. The normalized spacial score (nSPS) is 17.6. The zero-order valence-corrected chi connectivity index (χ0v) is 13.7. The first-order chi connectivity index (χ1) is 12.2. The second-order valence-electron chi connectivity index (χ2n) is 6.12. The average molecular weight is 337 g/mol. The van der Waals surface area contributed by atoms with Crippen molar-refractivity contribution in [1.82, 2.24) is 24.7 Å². The predicted octanol–water partition coefficient (Wildman–Crippen LogP) is 1.32. The van der Waals surface area contributed by atoms with E-state index in [1.807, 2.05) is 36.4 Å². The Morgan fingerprint density at radius 1 is 1.20 bits per heavy atom. The van der Waals surface area contributed by atoms with Crippen molar-refractivity contribution in [3.05, 3.63) is 58.9 Å². The lowest BCUT2D eigenvalue weighted by molar-refractivity contribution is 0.483. The van der Waals surface area contributed by atoms with Crippen molar-refractivity contribution < 1.29 is 0 Å². The Balaban J connectivity index is 1.66. The first-order valence-electron chi connectivity index (χ1n) is 8.28. The molecule has 3 aromatic rings. The Morgan fingerprint density at radius 3 is 2.84 bits per heavy atom. The summed E-state index contributed by atoms with van der Waals surface area (Å²) < 4.78 is 1.66. The van der Waals surface area contributed by atoms with Crippen molar-refractivity contribution in [1.29, 1.82) is 0 Å². The summed E-state index contributed by atoms with van der Waals surface area (Å²) in [6, 6.07) is 11.4. The van der Waals surface area contributed by atoms with Crippen LogP contribution in [0.1, 0.15) is 24.6 Å². The van der Waals surface area contributed by atoms with E-state index < -0.39 is 0 Å². The highest BCUT2D eigenvalue weighted by Crippen LogP contribution is 2.28. The van der Waals surface area contributed by atoms with Gasteiger partial charge in [0.25, 0.3) is 0 Å². The van der Waals surface area contributed by atoms with E-state index in [0.29, 0.717) is 0 Å². The van der Waals surface area contributed by atoms with Crippen LogP contribution in [0.3, 0.4) is 0 Å². The quantitative estimate of drug-likeness (QED) is 0.746. The lowest BCUT2D eigenvalue weighted by Gasteiger charge is -2.33. The van der Waals surface area contributed by atoms with Crippen LogP contribution < -0.4 is 16.3 Å². The number of hydrogen-bond donors (Lipinski definition) is 2. The smallest absolute Gasteiger partial charge is 0.347 e. The number of rotatable bonds is 3. The number of nitrogens with zero attached hydrogens (tertiary/aromatic N) is 5. The number of hydrogen-bond acceptors (Lipinski definition) is 6. The number of benzene rings is 1. The number of nitrogen functional groups attached to an aromatic ring is 1. The van der Waals surface area contributed by atoms with Crippen molar-refractivity contribution in [2.75, 3.05) is 23.7 Å². The lowest BCUT2D eigenvalue weighted by Crippen LogP contribution is -2.36. The fraction of sp³-hybridized carbons (Fsp3) is 0.294. The maximum absolute atomic E-state index is 12.3. The molecule has 0 amide bonds. The first-order valence-corrected chi connectivity index (χ1v) is 8.28. The molecule has 1 aromatic carbocycles. The van der Waals surface area contributed by atoms with Gasteiger partial charge in [-0.25, -0.2) is 19.4 Å². The summed E-state index contributed by atoms with van der Waals surface area (Å²) in [5.74, 6) is 1.95. The molecule has 0 radical (unpaired) electrons. The Bertz CT molecular complexity index is 918. The second kappa shape index (κ2) is 6.39. The van der Waals surface area contributed by atoms with Gasteiger partial charge in [0.2, 0.25) is 5.95 Å². The molecular weight excluding hydrogens is 318 g/mol. The van der Waals surface area contributed by atoms with Crippen LogP contribution in [0.2, 0.25) is 0 Å². The molecule has 0 unspecified atom stereocenters. The van der Waals surface area contributed by atoms with E-state index >= 15 is 0 Å². The third-order valence-corrected chi connectivity index (χ3v) is 4.48. The van der Waals surface area contributed by atoms with E-state index in [0.717, 1.165) is 43.3 Å². The predicted molar refractivity (Wildman–Crippen MR) is 94.8 cm³/mol. The summed E-state index contributed by atoms with van der Waals surface area (Å²) in [6.07, 6.45) is 3.62. The van der Waals surface area contributed by atoms with Crippen molar-refractivity contribution >= 4 is 11.8 Å². The van der Waals surface area contributed by atoms with Crippen LogP contribution in [0.5, 0.6) is 0 Å². The van der Waals surface area contributed by atoms with E-state index in [1.54, 1.807) is 10.8 Å². The molecule has 2 aromatic heterocycles. The molecule has 0 bridgehead atoms. The van der Waals surface area contributed by atoms with Crippen LogP contribution >= 0.6 is 0 Å². The SMILES string of the molecule is Nc1nccc(N2CCC[C@@H](c3n[nH]c(=O)n3-c3ccccc3)C2)n1. The van der Waals surface area contributed by atoms with Crippen LogP contribution in [-0.4, -0.2) is 37.8 Å². The van der Waals surface area contributed by atoms with Crippen molar-refractivity contribution in [3.63, 3.8) is 0 Å². The molecule has 0 saturated carbocycles. The maximum atomic E-state index is 12.3. The first kappa shape index (κ1) is 15.4. The molecule has 128 valence electrons. The van der Waals surface area contributed by atoms with Gasteiger partial charge in [-0.2, -0.15) is 10.1 Å². The molecular formula is C17H19N7O. The van der Waals surface area contributed by atoms with Gasteiger partial charge in [-0.1, -0.05) is 18.2 Å². The molecule has 1 aliphatic heterocycles. The van der Waals surface area contributed by atoms with E-state index in [4.69, 9.17) is 5.73 Å². The number of aromatic nitrogens is 5. The summed E-state index contributed by atoms with van der Waals surface area (Å²) in [5.41, 5.74) is 6.30. The number of nitrogens with one attached hydrogen (secondary N) is 1. The van der Waals surface area contributed by atoms with Crippen LogP contribution in [0.25, 0.3) is 5.69 Å². The summed E-state index contributed by atoms with van der Waals surface area (Å²) in [4.78, 5) is 22.7. The lowest BCUT2D eigenvalue weighted by atomic mass is 9.97. The topological polar surface area (TPSA) is 106 Å². The van der Waals surface area contributed by atoms with Gasteiger partial charge in [-0.05, 0) is 31.0 Å². The van der Waals surface area contributed by atoms with Gasteiger partial charge in [0.1, 0.15) is 11.6 Å². The van der Waals surface area contributed by atoms with Gasteiger partial charge in [-0.3, -0.25) is 0 Å². The molecule has 8 heteroatoms. The van der Waals surface area contributed by atoms with Crippen LogP contribution in [0, 0.1) is 0 Å². The van der Waals surface area contributed by atoms with E-state index in [2.05, 4.69) is 25.1 Å². The van der Waals surface area contributed by atoms with E-state index in [9.17, 15) is 4.79 Å². The highest BCUT2D eigenvalue weighted by atomic mass is 16.1. The van der Waals surface area contributed by atoms with Crippen LogP contribution in [0.15, 0.2) is 47.4 Å². The highest BCUT2D eigenvalue weighted by molar-refractivity contribution is 5.42. The molecule has 1 fully saturated rings. The summed E-state index contributed by atoms with van der Waals surface area (Å²) in [5, 5.41) is 6.89. The Labute approximate surface area is 144 Å². The van der Waals surface area contributed by atoms with Gasteiger partial charge in [0, 0.05) is 25.2 Å². The molecule has 1 saturated heterocycles. The molecule has 0 spiro atoms. The Morgan fingerprint density at radius 2 is 2.04 bits per heavy atom. The zero-order chi connectivity index (χ0) is 17.2. The highest BCUT2D eigenvalue weighted by Gasteiger charge is 2.27. The standard InChI is InChI=1S/C17H19N7O/c18-16-19-9-8-14(20-16)23-10-4-5-12(11-23)15-21-22-17(25)24(15)13-6-2-1-3-7-13/h1-3,6-9,12H,4-5,10-11H2,(H,22,25)(H2,18,19,20)/t12-/m1/s1. The molecule has 1 atom stereocenters. The second-order valence-corrected chi connectivity index (χ2v) is 6.12. The number of anilines is 2. The van der Waals surface area contributed by atoms with E-state index in [-0.39, 0.29) is 17.6 Å². The molecule has 3 N–H and O–H groups in total. The summed E-state index contributed by atoms with van der Waals surface area (Å²) in [7, 11) is 0. The largest absolute Gasteiger partial charge is 0.368 e. The number of para-hydroxylation sites is 1. The minimum Gasteiger partial charge on any atom is -0.368 e. The number of nitrogens with two attached hydrogens (primary N) is 1. The van der Waals surface area contributed by atoms with Crippen LogP contribution in [-0.2, 0) is 0 Å². The monoisotopic (exact) mass is 337 g/mol. The number of aromatic amines is 1. The third-order valence-electron chi connectivity index (χ3n) is 4.48. The van der Waals surface area contributed by atoms with Gasteiger partial charge in [-0.15, -0.1) is 0 Å². The van der Waals surface area contributed by atoms with E-state index in [1.165, 1.54) is 0 Å². The van der Waals surface area contributed by atoms with Gasteiger partial charge >= 0.3 is 5.69 Å². The molecule has 3 heterocycles.